The van der Waals surface area contributed by atoms with Crippen LogP contribution in [-0.4, -0.2) is 88.5 Å². The highest BCUT2D eigenvalue weighted by Gasteiger charge is 2.74. The van der Waals surface area contributed by atoms with E-state index in [9.17, 15) is 9.59 Å². The zero-order valence-corrected chi connectivity index (χ0v) is 29.7. The lowest BCUT2D eigenvalue weighted by Crippen LogP contribution is -2.73. The Morgan fingerprint density at radius 1 is 0.776 bits per heavy atom. The zero-order chi connectivity index (χ0) is 34.6. The van der Waals surface area contributed by atoms with Crippen LogP contribution in [-0.2, 0) is 38.0 Å². The smallest absolute Gasteiger partial charge is 0.407 e. The number of benzene rings is 2. The van der Waals surface area contributed by atoms with Crippen LogP contribution in [0.15, 0.2) is 48.5 Å². The number of rotatable bonds is 21. The van der Waals surface area contributed by atoms with Crippen LogP contribution < -0.4 is 5.32 Å². The number of amides is 1. The summed E-state index contributed by atoms with van der Waals surface area (Å²) in [7, 11) is 0. The van der Waals surface area contributed by atoms with E-state index in [1.165, 1.54) is 29.2 Å². The number of carbonyl (C=O) groups excluding carboxylic acids is 2. The molecule has 49 heavy (non-hydrogen) atoms. The van der Waals surface area contributed by atoms with Crippen molar-refractivity contribution in [3.8, 4) is 11.1 Å². The van der Waals surface area contributed by atoms with Crippen LogP contribution >= 0.6 is 0 Å². The van der Waals surface area contributed by atoms with Gasteiger partial charge in [0, 0.05) is 39.2 Å². The maximum atomic E-state index is 12.7. The van der Waals surface area contributed by atoms with Crippen LogP contribution in [0, 0.1) is 5.92 Å². The van der Waals surface area contributed by atoms with Gasteiger partial charge >= 0.3 is 12.1 Å². The molecule has 0 aromatic heterocycles. The predicted octanol–water partition coefficient (Wildman–Crippen LogP) is 6.78. The lowest BCUT2D eigenvalue weighted by atomic mass is 9.63. The molecule has 1 aliphatic heterocycles. The Hall–Kier alpha value is -3.02. The molecule has 2 aromatic carbocycles. The minimum Gasteiger partial charge on any atom is -0.457 e. The van der Waals surface area contributed by atoms with Crippen molar-refractivity contribution >= 4 is 12.1 Å². The van der Waals surface area contributed by atoms with Crippen molar-refractivity contribution in [1.82, 2.24) is 5.32 Å². The molecule has 5 rings (SSSR count). The Labute approximate surface area is 291 Å². The van der Waals surface area contributed by atoms with Gasteiger partial charge in [-0.25, -0.2) is 4.79 Å². The molecule has 10 heteroatoms. The fraction of sp³-hybridized carbons (Fsp3) is 0.641. The summed E-state index contributed by atoms with van der Waals surface area (Å²) in [4.78, 5) is 25.0. The van der Waals surface area contributed by atoms with Gasteiger partial charge in [0.1, 0.15) is 18.3 Å². The molecule has 0 spiro atoms. The number of esters is 1. The lowest BCUT2D eigenvalue weighted by molar-refractivity contribution is -0.308. The van der Waals surface area contributed by atoms with Gasteiger partial charge in [0.25, 0.3) is 0 Å². The summed E-state index contributed by atoms with van der Waals surface area (Å²) in [5, 5.41) is 2.84. The average molecular weight is 682 g/mol. The molecule has 2 fully saturated rings. The first-order chi connectivity index (χ1) is 23.9. The molecule has 1 amide bonds. The third-order valence-electron chi connectivity index (χ3n) is 9.75. The van der Waals surface area contributed by atoms with E-state index in [1.54, 1.807) is 0 Å². The van der Waals surface area contributed by atoms with E-state index in [0.29, 0.717) is 39.4 Å². The van der Waals surface area contributed by atoms with Gasteiger partial charge in [-0.3, -0.25) is 4.79 Å². The highest BCUT2D eigenvalue weighted by Crippen LogP contribution is 2.55. The van der Waals surface area contributed by atoms with Crippen LogP contribution in [0.5, 0.6) is 0 Å². The Bertz CT molecular complexity index is 1310. The number of hydrogen-bond donors (Lipinski definition) is 1. The summed E-state index contributed by atoms with van der Waals surface area (Å²) < 4.78 is 43.4. The second-order valence-corrected chi connectivity index (χ2v) is 13.3. The van der Waals surface area contributed by atoms with Crippen LogP contribution in [0.1, 0.15) is 89.7 Å². The largest absolute Gasteiger partial charge is 0.457 e. The fourth-order valence-corrected chi connectivity index (χ4v) is 7.28. The number of fused-ring (bicyclic) bond motifs is 4. The quantitative estimate of drug-likeness (QED) is 0.113. The molecule has 270 valence electrons. The Kier molecular flexibility index (Phi) is 13.9. The normalized spacial score (nSPS) is 25.3. The molecular weight excluding hydrogens is 626 g/mol. The van der Waals surface area contributed by atoms with Crippen LogP contribution in [0.4, 0.5) is 4.79 Å². The molecule has 2 aliphatic carbocycles. The van der Waals surface area contributed by atoms with Crippen molar-refractivity contribution in [2.75, 3.05) is 46.2 Å². The third kappa shape index (κ3) is 8.66. The van der Waals surface area contributed by atoms with E-state index in [4.69, 9.17) is 33.2 Å². The zero-order valence-electron chi connectivity index (χ0n) is 29.7. The fourth-order valence-electron chi connectivity index (χ4n) is 7.28. The Morgan fingerprint density at radius 3 is 2.04 bits per heavy atom. The van der Waals surface area contributed by atoms with E-state index in [-0.39, 0.29) is 37.3 Å². The van der Waals surface area contributed by atoms with Gasteiger partial charge in [0.2, 0.25) is 0 Å². The minimum atomic E-state index is -0.858. The molecule has 6 atom stereocenters. The molecule has 0 radical (unpaired) electrons. The number of alkyl carbamates (subject to hydrolysis) is 1. The minimum absolute atomic E-state index is 0.00240. The number of ether oxygens (including phenoxy) is 7. The van der Waals surface area contributed by atoms with Crippen molar-refractivity contribution in [2.45, 2.75) is 109 Å². The predicted molar refractivity (Wildman–Crippen MR) is 185 cm³/mol. The average Bonchev–Trinajstić information content (AvgIpc) is 3.55. The van der Waals surface area contributed by atoms with Gasteiger partial charge in [0.05, 0.1) is 25.2 Å². The second kappa shape index (κ2) is 18.3. The van der Waals surface area contributed by atoms with Crippen LogP contribution in [0.25, 0.3) is 11.1 Å². The van der Waals surface area contributed by atoms with E-state index in [1.807, 2.05) is 24.3 Å². The van der Waals surface area contributed by atoms with Crippen LogP contribution in [0.2, 0.25) is 0 Å². The van der Waals surface area contributed by atoms with Gasteiger partial charge in [0.15, 0.2) is 12.4 Å². The molecule has 1 saturated heterocycles. The van der Waals surface area contributed by atoms with Gasteiger partial charge in [-0.1, -0.05) is 88.6 Å². The summed E-state index contributed by atoms with van der Waals surface area (Å²) >= 11 is 0. The number of hydrogen-bond acceptors (Lipinski definition) is 9. The summed E-state index contributed by atoms with van der Waals surface area (Å²) in [6, 6.07) is 16.5. The van der Waals surface area contributed by atoms with E-state index >= 15 is 0 Å². The van der Waals surface area contributed by atoms with Gasteiger partial charge in [-0.2, -0.15) is 0 Å². The number of carbonyl (C=O) groups is 2. The first kappa shape index (κ1) is 37.2. The molecule has 10 nitrogen and oxygen atoms in total. The summed E-state index contributed by atoms with van der Waals surface area (Å²) in [6.07, 6.45) is 3.64. The molecule has 0 bridgehead atoms. The number of unbranched alkanes of at least 4 members (excludes halogenated alkanes) is 3. The van der Waals surface area contributed by atoms with Crippen molar-refractivity contribution < 1.29 is 42.7 Å². The molecule has 1 N–H and O–H groups in total. The monoisotopic (exact) mass is 681 g/mol. The summed E-state index contributed by atoms with van der Waals surface area (Å²) in [5.41, 5.74) is 3.85. The van der Waals surface area contributed by atoms with Crippen molar-refractivity contribution in [3.63, 3.8) is 0 Å². The Balaban J connectivity index is 1.16. The highest BCUT2D eigenvalue weighted by atomic mass is 16.7. The van der Waals surface area contributed by atoms with Crippen molar-refractivity contribution in [2.24, 2.45) is 5.92 Å². The maximum absolute atomic E-state index is 12.7. The van der Waals surface area contributed by atoms with E-state index < -0.39 is 30.1 Å². The number of nitrogens with one attached hydrogen (secondary N) is 1. The second-order valence-electron chi connectivity index (χ2n) is 13.3. The SMILES string of the molecule is CCCCOCC12O[C@H](OCCCNC(=O)OCC3c4ccccc4-c4ccccc43)[C@H](OC(C)=O)C1[C@@H](OCCCC)[C@@H]2OCCCC. The molecule has 2 aromatic rings. The Morgan fingerprint density at radius 2 is 1.39 bits per heavy atom. The van der Waals surface area contributed by atoms with Gasteiger partial charge < -0.3 is 38.5 Å². The lowest BCUT2D eigenvalue weighted by Gasteiger charge is -2.55. The maximum Gasteiger partial charge on any atom is 0.407 e. The third-order valence-corrected chi connectivity index (χ3v) is 9.75. The first-order valence-corrected chi connectivity index (χ1v) is 18.3. The van der Waals surface area contributed by atoms with Crippen molar-refractivity contribution in [3.05, 3.63) is 59.7 Å². The molecule has 2 unspecified atom stereocenters. The van der Waals surface area contributed by atoms with Crippen molar-refractivity contribution in [1.29, 1.82) is 0 Å². The van der Waals surface area contributed by atoms with Gasteiger partial charge in [-0.15, -0.1) is 0 Å². The molecule has 1 heterocycles. The molecular formula is C39H55NO9. The molecule has 1 saturated carbocycles. The highest BCUT2D eigenvalue weighted by molar-refractivity contribution is 5.79. The van der Waals surface area contributed by atoms with E-state index in [2.05, 4.69) is 50.4 Å². The topological polar surface area (TPSA) is 111 Å². The standard InChI is InChI=1S/C39H55NO9/c1-5-8-21-43-26-39-33(34(44-22-9-6-2)36(39)45-23-10-7-3)35(48-27(4)41)37(49-39)46-24-15-20-40-38(42)47-25-32-30-18-13-11-16-28(30)29-17-12-14-19-31(29)32/h11-14,16-19,32-37H,5-10,15,20-26H2,1-4H3,(H,40,42)/t33?,34-,35-,36+,37+,39?/m1/s1. The van der Waals surface area contributed by atoms with Gasteiger partial charge in [-0.05, 0) is 47.9 Å². The summed E-state index contributed by atoms with van der Waals surface area (Å²) in [5.74, 6) is -0.715. The van der Waals surface area contributed by atoms with Crippen LogP contribution in [0.3, 0.4) is 0 Å². The summed E-state index contributed by atoms with van der Waals surface area (Å²) in [6.45, 7) is 10.7. The first-order valence-electron chi connectivity index (χ1n) is 18.3. The van der Waals surface area contributed by atoms with E-state index in [0.717, 1.165) is 38.5 Å². The molecule has 3 aliphatic rings.